The second-order valence-electron chi connectivity index (χ2n) is 4.22. The van der Waals surface area contributed by atoms with Crippen molar-refractivity contribution >= 4 is 0 Å². The SMILES string of the molecule is CC(O)CC(C)(C)C(C)(N)N. The maximum absolute atomic E-state index is 9.14. The van der Waals surface area contributed by atoms with E-state index in [0.717, 1.165) is 0 Å². The van der Waals surface area contributed by atoms with Gasteiger partial charge in [-0.2, -0.15) is 0 Å². The van der Waals surface area contributed by atoms with E-state index >= 15 is 0 Å². The molecule has 0 aliphatic heterocycles. The summed E-state index contributed by atoms with van der Waals surface area (Å²) in [6.45, 7) is 7.43. The van der Waals surface area contributed by atoms with Crippen molar-refractivity contribution in [2.24, 2.45) is 16.9 Å². The van der Waals surface area contributed by atoms with Crippen molar-refractivity contribution in [2.45, 2.75) is 45.9 Å². The van der Waals surface area contributed by atoms with E-state index in [2.05, 4.69) is 0 Å². The van der Waals surface area contributed by atoms with Gasteiger partial charge in [-0.3, -0.25) is 0 Å². The average molecular weight is 160 g/mol. The Labute approximate surface area is 68.8 Å². The molecule has 3 heteroatoms. The molecule has 68 valence electrons. The maximum Gasteiger partial charge on any atom is 0.0661 e. The third-order valence-corrected chi connectivity index (χ3v) is 2.26. The van der Waals surface area contributed by atoms with Crippen LogP contribution in [-0.4, -0.2) is 16.9 Å². The van der Waals surface area contributed by atoms with Crippen LogP contribution in [0.2, 0.25) is 0 Å². The fourth-order valence-electron chi connectivity index (χ4n) is 0.958. The monoisotopic (exact) mass is 160 g/mol. The summed E-state index contributed by atoms with van der Waals surface area (Å²) in [5.74, 6) is 0. The molecule has 0 aliphatic rings. The summed E-state index contributed by atoms with van der Waals surface area (Å²) < 4.78 is 0. The zero-order chi connectivity index (χ0) is 9.28. The Bertz CT molecular complexity index is 125. The quantitative estimate of drug-likeness (QED) is 0.524. The van der Waals surface area contributed by atoms with Crippen molar-refractivity contribution in [1.29, 1.82) is 0 Å². The van der Waals surface area contributed by atoms with Crippen LogP contribution in [0.15, 0.2) is 0 Å². The topological polar surface area (TPSA) is 72.3 Å². The molecular formula is C8H20N2O. The standard InChI is InChI=1S/C8H20N2O/c1-6(11)5-7(2,3)8(4,9)10/h6,11H,5,9-10H2,1-4H3. The molecule has 0 aromatic heterocycles. The Morgan fingerprint density at radius 1 is 1.27 bits per heavy atom. The van der Waals surface area contributed by atoms with Crippen LogP contribution in [-0.2, 0) is 0 Å². The molecule has 1 atom stereocenters. The van der Waals surface area contributed by atoms with E-state index in [4.69, 9.17) is 16.6 Å². The fourth-order valence-corrected chi connectivity index (χ4v) is 0.958. The van der Waals surface area contributed by atoms with E-state index in [9.17, 15) is 0 Å². The van der Waals surface area contributed by atoms with Crippen molar-refractivity contribution in [2.75, 3.05) is 0 Å². The first-order valence-electron chi connectivity index (χ1n) is 3.92. The molecule has 0 radical (unpaired) electrons. The predicted molar refractivity (Wildman–Crippen MR) is 46.9 cm³/mol. The lowest BCUT2D eigenvalue weighted by molar-refractivity contribution is 0.0820. The highest BCUT2D eigenvalue weighted by Crippen LogP contribution is 2.29. The first-order chi connectivity index (χ1) is 4.67. The van der Waals surface area contributed by atoms with Crippen molar-refractivity contribution in [3.8, 4) is 0 Å². The van der Waals surface area contributed by atoms with Gasteiger partial charge in [-0.1, -0.05) is 13.8 Å². The lowest BCUT2D eigenvalue weighted by Gasteiger charge is -2.39. The highest BCUT2D eigenvalue weighted by Gasteiger charge is 2.34. The van der Waals surface area contributed by atoms with Gasteiger partial charge in [0.15, 0.2) is 0 Å². The lowest BCUT2D eigenvalue weighted by atomic mass is 9.76. The van der Waals surface area contributed by atoms with Gasteiger partial charge in [-0.15, -0.1) is 0 Å². The van der Waals surface area contributed by atoms with Gasteiger partial charge in [0.05, 0.1) is 11.8 Å². The van der Waals surface area contributed by atoms with Crippen LogP contribution in [0.5, 0.6) is 0 Å². The third kappa shape index (κ3) is 3.18. The zero-order valence-corrected chi connectivity index (χ0v) is 7.89. The lowest BCUT2D eigenvalue weighted by Crippen LogP contribution is -2.58. The number of nitrogens with two attached hydrogens (primary N) is 2. The number of aliphatic hydroxyl groups excluding tert-OH is 1. The summed E-state index contributed by atoms with van der Waals surface area (Å²) in [6.07, 6.45) is 0.271. The molecule has 0 fully saturated rings. The average Bonchev–Trinajstić information content (AvgIpc) is 1.56. The molecule has 0 amide bonds. The van der Waals surface area contributed by atoms with Gasteiger partial charge in [0.25, 0.3) is 0 Å². The van der Waals surface area contributed by atoms with Gasteiger partial charge in [0.2, 0.25) is 0 Å². The Balaban J connectivity index is 4.22. The minimum Gasteiger partial charge on any atom is -0.393 e. The summed E-state index contributed by atoms with van der Waals surface area (Å²) in [4.78, 5) is 0. The molecule has 0 heterocycles. The van der Waals surface area contributed by atoms with Crippen molar-refractivity contribution in [3.63, 3.8) is 0 Å². The van der Waals surface area contributed by atoms with Gasteiger partial charge in [-0.25, -0.2) is 0 Å². The fraction of sp³-hybridized carbons (Fsp3) is 1.00. The molecule has 0 saturated heterocycles. The number of hydrogen-bond donors (Lipinski definition) is 3. The highest BCUT2D eigenvalue weighted by molar-refractivity contribution is 4.89. The zero-order valence-electron chi connectivity index (χ0n) is 7.89. The molecule has 0 aromatic carbocycles. The van der Waals surface area contributed by atoms with Gasteiger partial charge in [-0.05, 0) is 25.7 Å². The minimum absolute atomic E-state index is 0.235. The number of aliphatic hydroxyl groups is 1. The minimum atomic E-state index is -0.732. The molecule has 0 rings (SSSR count). The first kappa shape index (κ1) is 10.9. The van der Waals surface area contributed by atoms with E-state index in [-0.39, 0.29) is 11.5 Å². The molecule has 1 unspecified atom stereocenters. The van der Waals surface area contributed by atoms with Crippen LogP contribution >= 0.6 is 0 Å². The molecule has 0 bridgehead atoms. The number of hydrogen-bond acceptors (Lipinski definition) is 3. The Morgan fingerprint density at radius 2 is 1.64 bits per heavy atom. The van der Waals surface area contributed by atoms with Crippen LogP contribution in [0.1, 0.15) is 34.1 Å². The van der Waals surface area contributed by atoms with Crippen LogP contribution in [0.3, 0.4) is 0 Å². The molecule has 5 N–H and O–H groups in total. The smallest absolute Gasteiger partial charge is 0.0661 e. The van der Waals surface area contributed by atoms with E-state index in [1.165, 1.54) is 0 Å². The van der Waals surface area contributed by atoms with Crippen molar-refractivity contribution < 1.29 is 5.11 Å². The first-order valence-corrected chi connectivity index (χ1v) is 3.92. The summed E-state index contributed by atoms with van der Waals surface area (Å²) in [5, 5.41) is 9.14. The van der Waals surface area contributed by atoms with Gasteiger partial charge < -0.3 is 16.6 Å². The maximum atomic E-state index is 9.14. The van der Waals surface area contributed by atoms with Crippen LogP contribution in [0.4, 0.5) is 0 Å². The summed E-state index contributed by atoms with van der Waals surface area (Å²) >= 11 is 0. The van der Waals surface area contributed by atoms with E-state index in [1.54, 1.807) is 13.8 Å². The molecular weight excluding hydrogens is 140 g/mol. The molecule has 0 aromatic rings. The van der Waals surface area contributed by atoms with Crippen LogP contribution in [0, 0.1) is 5.41 Å². The largest absolute Gasteiger partial charge is 0.393 e. The van der Waals surface area contributed by atoms with Crippen LogP contribution < -0.4 is 11.5 Å². The molecule has 3 nitrogen and oxygen atoms in total. The second-order valence-corrected chi connectivity index (χ2v) is 4.22. The summed E-state index contributed by atoms with van der Waals surface area (Å²) in [6, 6.07) is 0. The van der Waals surface area contributed by atoms with E-state index in [1.807, 2.05) is 13.8 Å². The van der Waals surface area contributed by atoms with Crippen molar-refractivity contribution in [1.82, 2.24) is 0 Å². The van der Waals surface area contributed by atoms with Gasteiger partial charge in [0.1, 0.15) is 0 Å². The van der Waals surface area contributed by atoms with E-state index < -0.39 is 5.66 Å². The molecule has 0 aliphatic carbocycles. The molecule has 0 saturated carbocycles. The van der Waals surface area contributed by atoms with E-state index in [0.29, 0.717) is 6.42 Å². The summed E-state index contributed by atoms with van der Waals surface area (Å²) in [5.41, 5.74) is 10.5. The Morgan fingerprint density at radius 3 is 1.73 bits per heavy atom. The van der Waals surface area contributed by atoms with Crippen LogP contribution in [0.25, 0.3) is 0 Å². The Hall–Kier alpha value is -0.120. The Kier molecular flexibility index (Phi) is 3.06. The van der Waals surface area contributed by atoms with Gasteiger partial charge >= 0.3 is 0 Å². The highest BCUT2D eigenvalue weighted by atomic mass is 16.3. The van der Waals surface area contributed by atoms with Gasteiger partial charge in [0, 0.05) is 0 Å². The molecule has 11 heavy (non-hydrogen) atoms. The predicted octanol–water partition coefficient (Wildman–Crippen LogP) is 0.417. The van der Waals surface area contributed by atoms with Crippen molar-refractivity contribution in [3.05, 3.63) is 0 Å². The summed E-state index contributed by atoms with van der Waals surface area (Å²) in [7, 11) is 0. The second kappa shape index (κ2) is 3.09. The number of rotatable bonds is 3. The molecule has 0 spiro atoms. The normalized spacial score (nSPS) is 16.6. The third-order valence-electron chi connectivity index (χ3n) is 2.26.